The quantitative estimate of drug-likeness (QED) is 0.918. The van der Waals surface area contributed by atoms with E-state index < -0.39 is 0 Å². The van der Waals surface area contributed by atoms with E-state index in [2.05, 4.69) is 0 Å². The number of hydrogen-bond donors (Lipinski definition) is 1. The predicted molar refractivity (Wildman–Crippen MR) is 102 cm³/mol. The van der Waals surface area contributed by atoms with Gasteiger partial charge in [0.05, 0.1) is 0 Å². The van der Waals surface area contributed by atoms with Crippen LogP contribution >= 0.6 is 0 Å². The number of aromatic hydroxyl groups is 1. The van der Waals surface area contributed by atoms with Crippen LogP contribution in [0, 0.1) is 6.92 Å². The van der Waals surface area contributed by atoms with Gasteiger partial charge in [0.15, 0.2) is 0 Å². The molecule has 1 aromatic carbocycles. The number of carbonyl (C=O) groups is 1. The molecular weight excluding hydrogens is 328 g/mol. The second kappa shape index (κ2) is 7.77. The lowest BCUT2D eigenvalue weighted by Gasteiger charge is -2.36. The highest BCUT2D eigenvalue weighted by Crippen LogP contribution is 2.23. The molecule has 1 aliphatic rings. The number of benzene rings is 1. The number of aromatic nitrogens is 1. The van der Waals surface area contributed by atoms with Gasteiger partial charge in [-0.25, -0.2) is 0 Å². The summed E-state index contributed by atoms with van der Waals surface area (Å²) in [4.78, 5) is 27.4. The first-order valence-electron chi connectivity index (χ1n) is 9.23. The molecule has 2 aromatic rings. The van der Waals surface area contributed by atoms with Gasteiger partial charge in [0.25, 0.3) is 11.5 Å². The molecule has 0 radical (unpaired) electrons. The molecule has 0 unspecified atom stereocenters. The van der Waals surface area contributed by atoms with Crippen LogP contribution in [-0.2, 0) is 13.5 Å². The van der Waals surface area contributed by atoms with Crippen LogP contribution in [0.15, 0.2) is 41.2 Å². The monoisotopic (exact) mass is 354 g/mol. The van der Waals surface area contributed by atoms with Gasteiger partial charge in [-0.05, 0) is 68.9 Å². The Morgan fingerprint density at radius 3 is 2.62 bits per heavy atom. The lowest BCUT2D eigenvalue weighted by atomic mass is 9.95. The van der Waals surface area contributed by atoms with Crippen LogP contribution in [0.1, 0.15) is 47.3 Å². The van der Waals surface area contributed by atoms with Crippen molar-refractivity contribution in [2.24, 2.45) is 7.05 Å². The summed E-state index contributed by atoms with van der Waals surface area (Å²) in [6.07, 6.45) is 4.77. The number of likely N-dealkylation sites (tertiary alicyclic amines) is 1. The highest BCUT2D eigenvalue weighted by molar-refractivity contribution is 5.94. The van der Waals surface area contributed by atoms with E-state index in [4.69, 9.17) is 0 Å². The lowest BCUT2D eigenvalue weighted by molar-refractivity contribution is 0.0599. The Hall–Kier alpha value is -2.56. The molecule has 1 N–H and O–H groups in total. The van der Waals surface area contributed by atoms with E-state index in [9.17, 15) is 14.7 Å². The smallest absolute Gasteiger partial charge is 0.263 e. The van der Waals surface area contributed by atoms with E-state index in [-0.39, 0.29) is 28.8 Å². The molecule has 0 aliphatic carbocycles. The summed E-state index contributed by atoms with van der Waals surface area (Å²) < 4.78 is 1.53. The summed E-state index contributed by atoms with van der Waals surface area (Å²) in [6.45, 7) is 2.56. The van der Waals surface area contributed by atoms with Gasteiger partial charge in [0, 0.05) is 25.3 Å². The third kappa shape index (κ3) is 3.82. The standard InChI is InChI=1S/C21H26N2O3/c1-15-6-13-19(20(25)22(15)2)21(26)23-14-4-3-5-17(23)10-7-16-8-11-18(24)12-9-16/h6,8-9,11-13,17,24H,3-5,7,10,14H2,1-2H3/t17-/m1/s1. The largest absolute Gasteiger partial charge is 0.508 e. The van der Waals surface area contributed by atoms with Gasteiger partial charge in [-0.2, -0.15) is 0 Å². The summed E-state index contributed by atoms with van der Waals surface area (Å²) in [6, 6.07) is 10.8. The Kier molecular flexibility index (Phi) is 5.45. The number of rotatable bonds is 4. The first kappa shape index (κ1) is 18.2. The molecule has 1 aromatic heterocycles. The van der Waals surface area contributed by atoms with Crippen molar-refractivity contribution in [2.75, 3.05) is 6.54 Å². The number of amides is 1. The third-order valence-corrected chi connectivity index (χ3v) is 5.38. The molecule has 138 valence electrons. The minimum absolute atomic E-state index is 0.149. The fraction of sp³-hybridized carbons (Fsp3) is 0.429. The SMILES string of the molecule is Cc1ccc(C(=O)N2CCCC[C@@H]2CCc2ccc(O)cc2)c(=O)n1C. The third-order valence-electron chi connectivity index (χ3n) is 5.38. The summed E-state index contributed by atoms with van der Waals surface area (Å²) in [5.74, 6) is 0.111. The van der Waals surface area contributed by atoms with Crippen LogP contribution in [0.5, 0.6) is 5.75 Å². The van der Waals surface area contributed by atoms with Crippen molar-refractivity contribution in [2.45, 2.75) is 45.1 Å². The highest BCUT2D eigenvalue weighted by atomic mass is 16.3. The molecule has 0 spiro atoms. The second-order valence-electron chi connectivity index (χ2n) is 7.11. The summed E-state index contributed by atoms with van der Waals surface area (Å²) in [7, 11) is 1.70. The van der Waals surface area contributed by atoms with Crippen LogP contribution in [0.2, 0.25) is 0 Å². The maximum atomic E-state index is 13.0. The molecule has 2 heterocycles. The van der Waals surface area contributed by atoms with Crippen LogP contribution in [0.3, 0.4) is 0 Å². The van der Waals surface area contributed by atoms with Gasteiger partial charge in [-0.3, -0.25) is 9.59 Å². The number of nitrogens with zero attached hydrogens (tertiary/aromatic N) is 2. The van der Waals surface area contributed by atoms with Crippen LogP contribution in [0.25, 0.3) is 0 Å². The van der Waals surface area contributed by atoms with Gasteiger partial charge in [-0.15, -0.1) is 0 Å². The summed E-state index contributed by atoms with van der Waals surface area (Å²) in [5.41, 5.74) is 2.02. The van der Waals surface area contributed by atoms with Crippen molar-refractivity contribution in [1.82, 2.24) is 9.47 Å². The van der Waals surface area contributed by atoms with Gasteiger partial charge >= 0.3 is 0 Å². The topological polar surface area (TPSA) is 62.5 Å². The van der Waals surface area contributed by atoms with Crippen molar-refractivity contribution < 1.29 is 9.90 Å². The Morgan fingerprint density at radius 2 is 1.88 bits per heavy atom. The van der Waals surface area contributed by atoms with E-state index in [1.165, 1.54) is 4.57 Å². The van der Waals surface area contributed by atoms with E-state index in [1.54, 1.807) is 25.2 Å². The Balaban J connectivity index is 1.76. The minimum Gasteiger partial charge on any atom is -0.508 e. The molecule has 26 heavy (non-hydrogen) atoms. The molecule has 1 atom stereocenters. The zero-order valence-corrected chi connectivity index (χ0v) is 15.4. The zero-order chi connectivity index (χ0) is 18.7. The first-order chi connectivity index (χ1) is 12.5. The van der Waals surface area contributed by atoms with E-state index in [0.717, 1.165) is 43.4 Å². The number of pyridine rings is 1. The number of piperidine rings is 1. The van der Waals surface area contributed by atoms with E-state index in [0.29, 0.717) is 6.54 Å². The van der Waals surface area contributed by atoms with Crippen molar-refractivity contribution in [3.05, 3.63) is 63.6 Å². The lowest BCUT2D eigenvalue weighted by Crippen LogP contribution is -2.46. The van der Waals surface area contributed by atoms with E-state index >= 15 is 0 Å². The van der Waals surface area contributed by atoms with E-state index in [1.807, 2.05) is 30.0 Å². The van der Waals surface area contributed by atoms with Crippen molar-refractivity contribution in [3.8, 4) is 5.75 Å². The molecule has 5 heteroatoms. The molecule has 1 amide bonds. The Morgan fingerprint density at radius 1 is 1.15 bits per heavy atom. The molecule has 0 saturated carbocycles. The molecule has 0 bridgehead atoms. The maximum Gasteiger partial charge on any atom is 0.263 e. The maximum absolute atomic E-state index is 13.0. The average Bonchev–Trinajstić information content (AvgIpc) is 2.65. The van der Waals surface area contributed by atoms with Gasteiger partial charge < -0.3 is 14.6 Å². The van der Waals surface area contributed by atoms with Crippen LogP contribution in [0.4, 0.5) is 0 Å². The van der Waals surface area contributed by atoms with Crippen molar-refractivity contribution >= 4 is 5.91 Å². The summed E-state index contributed by atoms with van der Waals surface area (Å²) in [5, 5.41) is 9.40. The fourth-order valence-electron chi connectivity index (χ4n) is 3.61. The summed E-state index contributed by atoms with van der Waals surface area (Å²) >= 11 is 0. The molecule has 1 aliphatic heterocycles. The minimum atomic E-state index is -0.224. The Labute approximate surface area is 153 Å². The number of phenolic OH excluding ortho intramolecular Hbond substituents is 1. The second-order valence-corrected chi connectivity index (χ2v) is 7.11. The first-order valence-corrected chi connectivity index (χ1v) is 9.23. The highest BCUT2D eigenvalue weighted by Gasteiger charge is 2.28. The van der Waals surface area contributed by atoms with Crippen molar-refractivity contribution in [1.29, 1.82) is 0 Å². The molecule has 1 fully saturated rings. The van der Waals surface area contributed by atoms with Gasteiger partial charge in [-0.1, -0.05) is 12.1 Å². The predicted octanol–water partition coefficient (Wildman–Crippen LogP) is 3.03. The molecular formula is C21H26N2O3. The number of carbonyl (C=O) groups excluding carboxylic acids is 1. The van der Waals surface area contributed by atoms with Crippen molar-refractivity contribution in [3.63, 3.8) is 0 Å². The van der Waals surface area contributed by atoms with Gasteiger partial charge in [0.1, 0.15) is 11.3 Å². The number of phenols is 1. The number of aryl methyl sites for hydroxylation is 2. The Bertz CT molecular complexity index is 839. The van der Waals surface area contributed by atoms with Gasteiger partial charge in [0.2, 0.25) is 0 Å². The normalized spacial score (nSPS) is 17.3. The number of hydrogen-bond acceptors (Lipinski definition) is 3. The van der Waals surface area contributed by atoms with Crippen LogP contribution < -0.4 is 5.56 Å². The molecule has 1 saturated heterocycles. The molecule has 3 rings (SSSR count). The fourth-order valence-corrected chi connectivity index (χ4v) is 3.61. The zero-order valence-electron chi connectivity index (χ0n) is 15.4. The van der Waals surface area contributed by atoms with Crippen LogP contribution in [-0.4, -0.2) is 33.1 Å². The molecule has 5 nitrogen and oxygen atoms in total. The average molecular weight is 354 g/mol.